The number of rotatable bonds is 22. The highest BCUT2D eigenvalue weighted by Gasteiger charge is 2.18. The average molecular weight is 874 g/mol. The van der Waals surface area contributed by atoms with Crippen LogP contribution in [0.1, 0.15) is 57.3 Å². The lowest BCUT2D eigenvalue weighted by molar-refractivity contribution is -0.140. The van der Waals surface area contributed by atoms with Crippen LogP contribution >= 0.6 is 23.2 Å². The number of carbonyl (C=O) groups is 2. The Balaban J connectivity index is 1.29. The van der Waals surface area contributed by atoms with E-state index in [1.54, 1.807) is 30.5 Å². The van der Waals surface area contributed by atoms with Gasteiger partial charge in [0.1, 0.15) is 48.9 Å². The number of aliphatic hydroxyl groups is 2. The summed E-state index contributed by atoms with van der Waals surface area (Å²) < 4.78 is 18.5. The first-order chi connectivity index (χ1) is 29.2. The van der Waals surface area contributed by atoms with E-state index in [2.05, 4.69) is 21.7 Å². The lowest BCUT2D eigenvalue weighted by atomic mass is 9.92. The summed E-state index contributed by atoms with van der Waals surface area (Å²) in [6.45, 7) is 4.85. The zero-order valence-electron chi connectivity index (χ0n) is 33.5. The normalized spacial score (nSPS) is 12.0. The van der Waals surface area contributed by atoms with E-state index in [0.717, 1.165) is 33.4 Å². The smallest absolute Gasteiger partial charge is 0.306 e. The highest BCUT2D eigenvalue weighted by molar-refractivity contribution is 6.32. The van der Waals surface area contributed by atoms with Crippen LogP contribution in [0.25, 0.3) is 11.1 Å². The fourth-order valence-corrected chi connectivity index (χ4v) is 6.93. The molecule has 320 valence electrons. The van der Waals surface area contributed by atoms with Crippen LogP contribution < -0.4 is 24.8 Å². The summed E-state index contributed by atoms with van der Waals surface area (Å²) in [4.78, 5) is 25.9. The summed E-state index contributed by atoms with van der Waals surface area (Å²) in [7, 11) is 0. The van der Waals surface area contributed by atoms with Gasteiger partial charge in [0.2, 0.25) is 0 Å². The molecule has 0 unspecified atom stereocenters. The van der Waals surface area contributed by atoms with E-state index >= 15 is 0 Å². The van der Waals surface area contributed by atoms with E-state index in [1.807, 2.05) is 50.2 Å². The number of phenolic OH excluding ortho intramolecular Hbond substituents is 1. The van der Waals surface area contributed by atoms with Gasteiger partial charge in [-0.05, 0) is 65.4 Å². The number of aromatic hydroxyl groups is 1. The molecule has 0 aliphatic heterocycles. The minimum atomic E-state index is -1.11. The number of halogens is 2. The molecule has 0 radical (unpaired) electrons. The molecule has 0 saturated carbocycles. The van der Waals surface area contributed by atoms with Crippen molar-refractivity contribution >= 4 is 35.1 Å². The van der Waals surface area contributed by atoms with Crippen LogP contribution in [-0.2, 0) is 42.5 Å². The molecule has 5 rings (SSSR count). The maximum Gasteiger partial charge on any atom is 0.306 e. The Hall–Kier alpha value is -5.92. The molecule has 14 nitrogen and oxygen atoms in total. The number of hydrogen-bond donors (Lipinski definition) is 7. The van der Waals surface area contributed by atoms with Crippen LogP contribution in [-0.4, -0.2) is 67.8 Å². The van der Waals surface area contributed by atoms with Crippen LogP contribution in [0.15, 0.2) is 79.1 Å². The number of aromatic nitrogens is 1. The van der Waals surface area contributed by atoms with Crippen molar-refractivity contribution in [3.05, 3.63) is 134 Å². The quantitative estimate of drug-likeness (QED) is 0.0379. The molecule has 5 aromatic rings. The van der Waals surface area contributed by atoms with E-state index in [4.69, 9.17) is 47.6 Å². The molecule has 61 heavy (non-hydrogen) atoms. The molecule has 0 spiro atoms. The number of ether oxygens (including phenoxy) is 3. The molecule has 0 fully saturated rings. The molecule has 1 heterocycles. The van der Waals surface area contributed by atoms with Gasteiger partial charge in [-0.1, -0.05) is 59.6 Å². The van der Waals surface area contributed by atoms with Crippen LogP contribution in [0.2, 0.25) is 10.0 Å². The third-order valence-electron chi connectivity index (χ3n) is 9.73. The molecule has 2 atom stereocenters. The van der Waals surface area contributed by atoms with Gasteiger partial charge < -0.3 is 50.4 Å². The maximum atomic E-state index is 11.0. The van der Waals surface area contributed by atoms with Gasteiger partial charge in [0.25, 0.3) is 0 Å². The van der Waals surface area contributed by atoms with Gasteiger partial charge in [-0.25, -0.2) is 0 Å². The first-order valence-electron chi connectivity index (χ1n) is 19.2. The minimum absolute atomic E-state index is 0.0262. The number of carboxylic acid groups (broad SMARTS) is 2. The number of pyridine rings is 1. The van der Waals surface area contributed by atoms with Crippen molar-refractivity contribution in [1.82, 2.24) is 15.6 Å². The van der Waals surface area contributed by atoms with Crippen LogP contribution in [0.4, 0.5) is 0 Å². The second kappa shape index (κ2) is 22.1. The minimum Gasteiger partial charge on any atom is -0.507 e. The standard InChI is InChI=1S/C45H46Cl2N4O10/c1-26-30(24-60-42-14-40(54)32(10-38(42)46)19-50-21-34(52)12-44(55)56)5-3-7-36(26)37-8-4-6-31(27(37)2)25-61-43-15-41(59-23-29-9-28(16-48)17-49-18-29)33(11-39(43)47)20-51-22-35(53)13-45(57)58/h3-11,14-15,17-18,34-35,50-54H,12-13,19-25H2,1-2H3,(H,55,56)(H,57,58)/t34-,35-/m0/s1. The lowest BCUT2D eigenvalue weighted by Gasteiger charge is -2.19. The number of benzene rings is 4. The van der Waals surface area contributed by atoms with Crippen molar-refractivity contribution in [1.29, 1.82) is 5.26 Å². The Morgan fingerprint density at radius 2 is 1.21 bits per heavy atom. The Morgan fingerprint density at radius 3 is 1.75 bits per heavy atom. The van der Waals surface area contributed by atoms with Gasteiger partial charge in [-0.15, -0.1) is 0 Å². The fourth-order valence-electron chi connectivity index (χ4n) is 6.45. The summed E-state index contributed by atoms with van der Waals surface area (Å²) in [6.07, 6.45) is 0.0890. The highest BCUT2D eigenvalue weighted by atomic mass is 35.5. The fraction of sp³-hybridized carbons (Fsp3) is 0.289. The Labute approximate surface area is 362 Å². The monoisotopic (exact) mass is 872 g/mol. The molecule has 7 N–H and O–H groups in total. The summed E-state index contributed by atoms with van der Waals surface area (Å²) in [5.74, 6) is -1.21. The number of nitrogens with zero attached hydrogens (tertiary/aromatic N) is 2. The number of carboxylic acids is 2. The van der Waals surface area contributed by atoms with Gasteiger partial charge in [-0.3, -0.25) is 14.6 Å². The van der Waals surface area contributed by atoms with Crippen LogP contribution in [0.3, 0.4) is 0 Å². The molecule has 4 aromatic carbocycles. The van der Waals surface area contributed by atoms with Gasteiger partial charge in [0.15, 0.2) is 0 Å². The van der Waals surface area contributed by atoms with Crippen molar-refractivity contribution in [2.75, 3.05) is 13.1 Å². The molecule has 0 amide bonds. The topological polar surface area (TPSA) is 224 Å². The molecule has 1 aromatic heterocycles. The van der Waals surface area contributed by atoms with E-state index in [9.17, 15) is 30.2 Å². The lowest BCUT2D eigenvalue weighted by Crippen LogP contribution is -2.28. The Bertz CT molecular complexity index is 2390. The first-order valence-corrected chi connectivity index (χ1v) is 19.9. The average Bonchev–Trinajstić information content (AvgIpc) is 3.21. The van der Waals surface area contributed by atoms with Crippen molar-refractivity contribution in [2.45, 2.75) is 71.8 Å². The zero-order valence-corrected chi connectivity index (χ0v) is 35.0. The van der Waals surface area contributed by atoms with Crippen LogP contribution in [0, 0.1) is 25.2 Å². The second-order valence-electron chi connectivity index (χ2n) is 14.3. The number of aliphatic carboxylic acids is 2. The van der Waals surface area contributed by atoms with Crippen LogP contribution in [0.5, 0.6) is 23.0 Å². The van der Waals surface area contributed by atoms with E-state index < -0.39 is 37.0 Å². The highest BCUT2D eigenvalue weighted by Crippen LogP contribution is 2.37. The maximum absolute atomic E-state index is 11.0. The summed E-state index contributed by atoms with van der Waals surface area (Å²) in [6, 6.07) is 21.9. The van der Waals surface area contributed by atoms with Gasteiger partial charge in [0.05, 0.1) is 40.7 Å². The summed E-state index contributed by atoms with van der Waals surface area (Å²) in [5, 5.41) is 64.2. The number of nitrogens with one attached hydrogen (secondary N) is 2. The van der Waals surface area contributed by atoms with Crippen molar-refractivity contribution in [3.8, 4) is 40.2 Å². The number of hydrogen-bond acceptors (Lipinski definition) is 12. The first kappa shape index (κ1) is 46.2. The van der Waals surface area contributed by atoms with E-state index in [0.29, 0.717) is 38.8 Å². The summed E-state index contributed by atoms with van der Waals surface area (Å²) >= 11 is 13.3. The third-order valence-corrected chi connectivity index (χ3v) is 10.3. The van der Waals surface area contributed by atoms with Gasteiger partial charge >= 0.3 is 11.9 Å². The van der Waals surface area contributed by atoms with Crippen molar-refractivity contribution in [3.63, 3.8) is 0 Å². The predicted molar refractivity (Wildman–Crippen MR) is 228 cm³/mol. The Morgan fingerprint density at radius 1 is 0.705 bits per heavy atom. The van der Waals surface area contributed by atoms with Crippen molar-refractivity contribution in [2.24, 2.45) is 0 Å². The molecular formula is C45H46Cl2N4O10. The number of nitriles is 1. The second-order valence-corrected chi connectivity index (χ2v) is 15.1. The molecule has 16 heteroatoms. The van der Waals surface area contributed by atoms with Gasteiger partial charge in [-0.2, -0.15) is 5.26 Å². The van der Waals surface area contributed by atoms with E-state index in [-0.39, 0.29) is 62.5 Å². The van der Waals surface area contributed by atoms with Crippen molar-refractivity contribution < 1.29 is 49.3 Å². The number of aliphatic hydroxyl groups excluding tert-OH is 2. The SMILES string of the molecule is Cc1c(COc2cc(O)c(CNC[C@@H](O)CC(=O)O)cc2Cl)cccc1-c1cccc(COc2cc(OCc3cncc(C#N)c3)c(CNC[C@@H](O)CC(=O)O)cc2Cl)c1C. The molecule has 0 saturated heterocycles. The Kier molecular flexibility index (Phi) is 16.7. The summed E-state index contributed by atoms with van der Waals surface area (Å²) in [5.41, 5.74) is 7.88. The molecule has 0 aliphatic carbocycles. The van der Waals surface area contributed by atoms with Gasteiger partial charge in [0, 0.05) is 67.4 Å². The number of phenols is 1. The molecular weight excluding hydrogens is 827 g/mol. The largest absolute Gasteiger partial charge is 0.507 e. The van der Waals surface area contributed by atoms with E-state index in [1.165, 1.54) is 12.3 Å². The molecule has 0 bridgehead atoms. The zero-order chi connectivity index (χ0) is 44.1. The molecule has 0 aliphatic rings. The predicted octanol–water partition coefficient (Wildman–Crippen LogP) is 6.84. The third kappa shape index (κ3) is 13.3.